The Morgan fingerprint density at radius 1 is 1.33 bits per heavy atom. The highest BCUT2D eigenvalue weighted by Gasteiger charge is 2.03. The van der Waals surface area contributed by atoms with E-state index in [0.29, 0.717) is 0 Å². The van der Waals surface area contributed by atoms with Crippen LogP contribution in [0.4, 0.5) is 5.69 Å². The molecule has 0 unspecified atom stereocenters. The molecule has 0 radical (unpaired) electrons. The molecule has 0 saturated heterocycles. The van der Waals surface area contributed by atoms with Crippen molar-refractivity contribution in [2.75, 3.05) is 26.1 Å². The van der Waals surface area contributed by atoms with Crippen LogP contribution in [0.5, 0.6) is 11.5 Å². The zero-order chi connectivity index (χ0) is 9.14. The van der Waals surface area contributed by atoms with Crippen LogP contribution in [0, 0.1) is 0 Å². The van der Waals surface area contributed by atoms with Gasteiger partial charge in [-0.3, -0.25) is 0 Å². The fraction of sp³-hybridized carbons (Fsp3) is 0.333. The molecule has 3 heteroatoms. The standard InChI is InChI=1S/C9H13NO2/c1-10(2)8-6-7(12-3)4-5-9(8)11/h4-6,11H,1-3H3. The normalized spacial score (nSPS) is 9.58. The topological polar surface area (TPSA) is 32.7 Å². The van der Waals surface area contributed by atoms with Crippen molar-refractivity contribution < 1.29 is 9.84 Å². The van der Waals surface area contributed by atoms with Crippen molar-refractivity contribution in [2.45, 2.75) is 0 Å². The number of rotatable bonds is 2. The van der Waals surface area contributed by atoms with Gasteiger partial charge in [-0.1, -0.05) is 0 Å². The summed E-state index contributed by atoms with van der Waals surface area (Å²) >= 11 is 0. The molecule has 0 aromatic heterocycles. The molecule has 0 aliphatic carbocycles. The smallest absolute Gasteiger partial charge is 0.139 e. The van der Waals surface area contributed by atoms with Gasteiger partial charge >= 0.3 is 0 Å². The van der Waals surface area contributed by atoms with Gasteiger partial charge < -0.3 is 14.7 Å². The Hall–Kier alpha value is -1.38. The first-order valence-corrected chi connectivity index (χ1v) is 3.69. The van der Waals surface area contributed by atoms with Crippen LogP contribution in [-0.4, -0.2) is 26.3 Å². The Kier molecular flexibility index (Phi) is 2.43. The van der Waals surface area contributed by atoms with Gasteiger partial charge in [0.2, 0.25) is 0 Å². The maximum Gasteiger partial charge on any atom is 0.139 e. The summed E-state index contributed by atoms with van der Waals surface area (Å²) in [6.07, 6.45) is 0. The van der Waals surface area contributed by atoms with Crippen LogP contribution in [-0.2, 0) is 0 Å². The second-order valence-electron chi connectivity index (χ2n) is 2.75. The van der Waals surface area contributed by atoms with Crippen LogP contribution < -0.4 is 9.64 Å². The Bertz CT molecular complexity index is 271. The number of benzene rings is 1. The van der Waals surface area contributed by atoms with Crippen molar-refractivity contribution in [3.8, 4) is 11.5 Å². The van der Waals surface area contributed by atoms with Gasteiger partial charge in [-0.05, 0) is 12.1 Å². The minimum Gasteiger partial charge on any atom is -0.506 e. The van der Waals surface area contributed by atoms with Gasteiger partial charge in [0.25, 0.3) is 0 Å². The number of nitrogens with zero attached hydrogens (tertiary/aromatic N) is 1. The second-order valence-corrected chi connectivity index (χ2v) is 2.75. The number of hydrogen-bond acceptors (Lipinski definition) is 3. The molecule has 3 nitrogen and oxygen atoms in total. The van der Waals surface area contributed by atoms with E-state index < -0.39 is 0 Å². The van der Waals surface area contributed by atoms with Crippen LogP contribution in [0.1, 0.15) is 0 Å². The van der Waals surface area contributed by atoms with Crippen molar-refractivity contribution in [3.05, 3.63) is 18.2 Å². The molecule has 1 N–H and O–H groups in total. The number of methoxy groups -OCH3 is 1. The number of hydrogen-bond donors (Lipinski definition) is 1. The molecule has 0 atom stereocenters. The van der Waals surface area contributed by atoms with Gasteiger partial charge in [0.05, 0.1) is 12.8 Å². The lowest BCUT2D eigenvalue weighted by molar-refractivity contribution is 0.412. The summed E-state index contributed by atoms with van der Waals surface area (Å²) in [7, 11) is 5.34. The number of anilines is 1. The van der Waals surface area contributed by atoms with Gasteiger partial charge in [-0.25, -0.2) is 0 Å². The molecule has 1 rings (SSSR count). The van der Waals surface area contributed by atoms with Crippen molar-refractivity contribution in [2.24, 2.45) is 0 Å². The maximum absolute atomic E-state index is 9.40. The molecule has 0 aliphatic heterocycles. The van der Waals surface area contributed by atoms with Crippen molar-refractivity contribution in [1.29, 1.82) is 0 Å². The van der Waals surface area contributed by atoms with Crippen LogP contribution >= 0.6 is 0 Å². The van der Waals surface area contributed by atoms with Crippen LogP contribution in [0.15, 0.2) is 18.2 Å². The average molecular weight is 167 g/mol. The molecule has 0 bridgehead atoms. The zero-order valence-corrected chi connectivity index (χ0v) is 7.53. The van der Waals surface area contributed by atoms with E-state index in [1.807, 2.05) is 19.0 Å². The van der Waals surface area contributed by atoms with Gasteiger partial charge in [-0.15, -0.1) is 0 Å². The molecular weight excluding hydrogens is 154 g/mol. The first kappa shape index (κ1) is 8.71. The van der Waals surface area contributed by atoms with E-state index in [2.05, 4.69) is 0 Å². The highest BCUT2D eigenvalue weighted by molar-refractivity contribution is 5.59. The summed E-state index contributed by atoms with van der Waals surface area (Å²) in [5.74, 6) is 1.01. The first-order valence-electron chi connectivity index (χ1n) is 3.69. The summed E-state index contributed by atoms with van der Waals surface area (Å²) in [5.41, 5.74) is 0.759. The summed E-state index contributed by atoms with van der Waals surface area (Å²) in [6, 6.07) is 5.13. The lowest BCUT2D eigenvalue weighted by Crippen LogP contribution is -2.08. The minimum atomic E-state index is 0.265. The Morgan fingerprint density at radius 3 is 2.50 bits per heavy atom. The summed E-state index contributed by atoms with van der Waals surface area (Å²) in [4.78, 5) is 1.83. The second kappa shape index (κ2) is 3.34. The molecule has 0 aliphatic rings. The third-order valence-corrected chi connectivity index (χ3v) is 1.66. The largest absolute Gasteiger partial charge is 0.506 e. The Morgan fingerprint density at radius 2 is 2.00 bits per heavy atom. The summed E-state index contributed by atoms with van der Waals surface area (Å²) < 4.78 is 5.02. The highest BCUT2D eigenvalue weighted by atomic mass is 16.5. The molecule has 0 heterocycles. The lowest BCUT2D eigenvalue weighted by atomic mass is 10.2. The molecule has 12 heavy (non-hydrogen) atoms. The van der Waals surface area contributed by atoms with E-state index in [4.69, 9.17) is 4.74 Å². The van der Waals surface area contributed by atoms with E-state index in [9.17, 15) is 5.11 Å². The third kappa shape index (κ3) is 1.61. The van der Waals surface area contributed by atoms with E-state index in [1.165, 1.54) is 0 Å². The molecule has 0 spiro atoms. The molecule has 66 valence electrons. The fourth-order valence-electron chi connectivity index (χ4n) is 0.988. The van der Waals surface area contributed by atoms with Crippen molar-refractivity contribution >= 4 is 5.69 Å². The summed E-state index contributed by atoms with van der Waals surface area (Å²) in [6.45, 7) is 0. The molecular formula is C9H13NO2. The van der Waals surface area contributed by atoms with Gasteiger partial charge in [0.15, 0.2) is 0 Å². The summed E-state index contributed by atoms with van der Waals surface area (Å²) in [5, 5.41) is 9.40. The number of phenols is 1. The zero-order valence-electron chi connectivity index (χ0n) is 7.53. The predicted molar refractivity (Wildman–Crippen MR) is 49.0 cm³/mol. The Balaban J connectivity index is 3.08. The SMILES string of the molecule is COc1ccc(O)c(N(C)C)c1. The van der Waals surface area contributed by atoms with Crippen molar-refractivity contribution in [1.82, 2.24) is 0 Å². The minimum absolute atomic E-state index is 0.265. The van der Waals surface area contributed by atoms with Gasteiger partial charge in [0, 0.05) is 20.2 Å². The van der Waals surface area contributed by atoms with Crippen LogP contribution in [0.25, 0.3) is 0 Å². The van der Waals surface area contributed by atoms with Gasteiger partial charge in [-0.2, -0.15) is 0 Å². The van der Waals surface area contributed by atoms with Crippen molar-refractivity contribution in [3.63, 3.8) is 0 Å². The molecule has 0 amide bonds. The first-order chi connectivity index (χ1) is 5.65. The fourth-order valence-corrected chi connectivity index (χ4v) is 0.988. The third-order valence-electron chi connectivity index (χ3n) is 1.66. The van der Waals surface area contributed by atoms with E-state index >= 15 is 0 Å². The van der Waals surface area contributed by atoms with E-state index in [1.54, 1.807) is 25.3 Å². The predicted octanol–water partition coefficient (Wildman–Crippen LogP) is 1.47. The van der Waals surface area contributed by atoms with Crippen LogP contribution in [0.2, 0.25) is 0 Å². The maximum atomic E-state index is 9.40. The molecule has 0 saturated carbocycles. The van der Waals surface area contributed by atoms with Gasteiger partial charge in [0.1, 0.15) is 11.5 Å². The van der Waals surface area contributed by atoms with E-state index in [0.717, 1.165) is 11.4 Å². The quantitative estimate of drug-likeness (QED) is 0.724. The lowest BCUT2D eigenvalue weighted by Gasteiger charge is -2.14. The van der Waals surface area contributed by atoms with E-state index in [-0.39, 0.29) is 5.75 Å². The number of aromatic hydroxyl groups is 1. The monoisotopic (exact) mass is 167 g/mol. The molecule has 1 aromatic rings. The molecule has 1 aromatic carbocycles. The highest BCUT2D eigenvalue weighted by Crippen LogP contribution is 2.29. The van der Waals surface area contributed by atoms with Crippen LogP contribution in [0.3, 0.4) is 0 Å². The number of phenolic OH excluding ortho intramolecular Hbond substituents is 1. The average Bonchev–Trinajstić information content (AvgIpc) is 2.05. The number of ether oxygens (including phenoxy) is 1. The molecule has 0 fully saturated rings. The Labute approximate surface area is 72.2 Å².